The van der Waals surface area contributed by atoms with Gasteiger partial charge in [0.1, 0.15) is 11.6 Å². The van der Waals surface area contributed by atoms with Crippen LogP contribution in [-0.4, -0.2) is 16.0 Å². The predicted molar refractivity (Wildman–Crippen MR) is 104 cm³/mol. The summed E-state index contributed by atoms with van der Waals surface area (Å²) >= 11 is 12.3. The smallest absolute Gasteiger partial charge is 0.130 e. The van der Waals surface area contributed by atoms with Gasteiger partial charge < -0.3 is 4.57 Å². The Morgan fingerprint density at radius 2 is 1.70 bits per heavy atom. The Morgan fingerprint density at radius 1 is 0.926 bits per heavy atom. The molecule has 0 N–H and O–H groups in total. The van der Waals surface area contributed by atoms with Crippen LogP contribution in [0.15, 0.2) is 54.7 Å². The molecule has 0 unspecified atom stereocenters. The molecule has 4 rings (SSSR count). The van der Waals surface area contributed by atoms with Crippen molar-refractivity contribution in [2.24, 2.45) is 0 Å². The van der Waals surface area contributed by atoms with Crippen molar-refractivity contribution in [3.8, 4) is 0 Å². The van der Waals surface area contributed by atoms with Gasteiger partial charge in [0.05, 0.1) is 16.1 Å². The maximum atomic E-state index is 14.3. The monoisotopic (exact) mass is 406 g/mol. The quantitative estimate of drug-likeness (QED) is 0.512. The fourth-order valence-corrected chi connectivity index (χ4v) is 4.07. The van der Waals surface area contributed by atoms with Crippen molar-refractivity contribution in [1.29, 1.82) is 0 Å². The Bertz CT molecular complexity index is 950. The van der Waals surface area contributed by atoms with E-state index in [-0.39, 0.29) is 18.2 Å². The molecule has 2 nitrogen and oxygen atoms in total. The van der Waals surface area contributed by atoms with Crippen LogP contribution in [0.4, 0.5) is 8.78 Å². The summed E-state index contributed by atoms with van der Waals surface area (Å²) in [6.45, 7) is 1.74. The van der Waals surface area contributed by atoms with Crippen molar-refractivity contribution in [2.75, 3.05) is 6.54 Å². The molecular weight excluding hydrogens is 389 g/mol. The second-order valence-electron chi connectivity index (χ2n) is 6.73. The molecule has 140 valence electrons. The second-order valence-corrected chi connectivity index (χ2v) is 7.54. The Morgan fingerprint density at radius 3 is 2.44 bits per heavy atom. The number of fused-ring (bicyclic) bond motifs is 1. The lowest BCUT2D eigenvalue weighted by Crippen LogP contribution is -2.30. The van der Waals surface area contributed by atoms with E-state index in [9.17, 15) is 8.78 Å². The van der Waals surface area contributed by atoms with Gasteiger partial charge in [-0.15, -0.1) is 0 Å². The second kappa shape index (κ2) is 7.63. The Kier molecular flexibility index (Phi) is 5.22. The van der Waals surface area contributed by atoms with E-state index >= 15 is 0 Å². The molecular formula is C21H18Cl2F2N2. The van der Waals surface area contributed by atoms with Crippen molar-refractivity contribution in [2.45, 2.75) is 25.6 Å². The first-order chi connectivity index (χ1) is 13.0. The van der Waals surface area contributed by atoms with E-state index in [0.29, 0.717) is 16.6 Å². The normalized spacial score (nSPS) is 17.6. The van der Waals surface area contributed by atoms with Crippen LogP contribution in [-0.2, 0) is 13.1 Å². The van der Waals surface area contributed by atoms with E-state index in [1.54, 1.807) is 6.07 Å². The highest BCUT2D eigenvalue weighted by Crippen LogP contribution is 2.36. The highest BCUT2D eigenvalue weighted by atomic mass is 35.5. The molecule has 2 aromatic carbocycles. The lowest BCUT2D eigenvalue weighted by atomic mass is 10.0. The van der Waals surface area contributed by atoms with E-state index in [1.807, 2.05) is 30.5 Å². The first kappa shape index (κ1) is 18.5. The summed E-state index contributed by atoms with van der Waals surface area (Å²) in [7, 11) is 0. The zero-order valence-corrected chi connectivity index (χ0v) is 16.0. The molecule has 27 heavy (non-hydrogen) atoms. The number of benzene rings is 2. The van der Waals surface area contributed by atoms with Crippen LogP contribution < -0.4 is 0 Å². The van der Waals surface area contributed by atoms with Crippen LogP contribution in [0, 0.1) is 11.6 Å². The molecule has 1 aromatic heterocycles. The summed E-state index contributed by atoms with van der Waals surface area (Å²) < 4.78 is 30.7. The minimum absolute atomic E-state index is 0.0857. The maximum absolute atomic E-state index is 14.3. The van der Waals surface area contributed by atoms with Crippen molar-refractivity contribution in [1.82, 2.24) is 9.47 Å². The van der Waals surface area contributed by atoms with Crippen LogP contribution >= 0.6 is 23.2 Å². The van der Waals surface area contributed by atoms with Gasteiger partial charge in [0.15, 0.2) is 0 Å². The number of hydrogen-bond acceptors (Lipinski definition) is 1. The summed E-state index contributed by atoms with van der Waals surface area (Å²) in [5.74, 6) is -1.05. The van der Waals surface area contributed by atoms with Gasteiger partial charge >= 0.3 is 0 Å². The molecule has 6 heteroatoms. The highest BCUT2D eigenvalue weighted by Gasteiger charge is 2.29. The largest absolute Gasteiger partial charge is 0.350 e. The molecule has 1 atom stereocenters. The molecule has 0 amide bonds. The first-order valence-corrected chi connectivity index (χ1v) is 9.57. The third-order valence-corrected chi connectivity index (χ3v) is 5.78. The summed E-state index contributed by atoms with van der Waals surface area (Å²) in [5, 5.41) is 0.949. The molecule has 0 bridgehead atoms. The van der Waals surface area contributed by atoms with Gasteiger partial charge in [-0.1, -0.05) is 35.3 Å². The number of halogens is 4. The Balaban J connectivity index is 1.79. The zero-order valence-electron chi connectivity index (χ0n) is 14.5. The van der Waals surface area contributed by atoms with Gasteiger partial charge in [0.25, 0.3) is 0 Å². The van der Waals surface area contributed by atoms with Gasteiger partial charge in [-0.3, -0.25) is 4.90 Å². The van der Waals surface area contributed by atoms with Crippen LogP contribution in [0.2, 0.25) is 10.0 Å². The third-order valence-electron chi connectivity index (χ3n) is 5.04. The first-order valence-electron chi connectivity index (χ1n) is 8.81. The maximum Gasteiger partial charge on any atom is 0.130 e. The van der Waals surface area contributed by atoms with Crippen LogP contribution in [0.25, 0.3) is 0 Å². The highest BCUT2D eigenvalue weighted by molar-refractivity contribution is 6.42. The van der Waals surface area contributed by atoms with Crippen molar-refractivity contribution < 1.29 is 8.78 Å². The lowest BCUT2D eigenvalue weighted by Gasteiger charge is -2.31. The van der Waals surface area contributed by atoms with E-state index in [2.05, 4.69) is 9.47 Å². The van der Waals surface area contributed by atoms with Crippen molar-refractivity contribution in [3.05, 3.63) is 93.2 Å². The molecule has 3 aromatic rings. The average molecular weight is 407 g/mol. The lowest BCUT2D eigenvalue weighted by molar-refractivity contribution is 0.214. The van der Waals surface area contributed by atoms with Gasteiger partial charge in [0, 0.05) is 37.1 Å². The minimum Gasteiger partial charge on any atom is -0.350 e. The van der Waals surface area contributed by atoms with E-state index in [4.69, 9.17) is 23.2 Å². The third kappa shape index (κ3) is 3.62. The average Bonchev–Trinajstić information content (AvgIpc) is 3.02. The zero-order chi connectivity index (χ0) is 19.0. The fraction of sp³-hybridized carbons (Fsp3) is 0.238. The minimum atomic E-state index is -0.525. The Hall–Kier alpha value is -1.88. The van der Waals surface area contributed by atoms with Gasteiger partial charge in [-0.25, -0.2) is 8.78 Å². The molecule has 1 aliphatic rings. The van der Waals surface area contributed by atoms with E-state index < -0.39 is 11.6 Å². The number of rotatable bonds is 3. The van der Waals surface area contributed by atoms with Gasteiger partial charge in [-0.2, -0.15) is 0 Å². The molecule has 0 saturated heterocycles. The summed E-state index contributed by atoms with van der Waals surface area (Å²) in [6.07, 6.45) is 2.92. The Labute approximate surface area is 166 Å². The van der Waals surface area contributed by atoms with E-state index in [0.717, 1.165) is 24.2 Å². The van der Waals surface area contributed by atoms with Gasteiger partial charge in [0.2, 0.25) is 0 Å². The standard InChI is InChI=1S/C21H18Cl2F2N2/c22-16-8-7-14(12-17(16)23)21-20-6-2-9-26(20)10-3-11-27(21)13-15-18(24)4-1-5-19(15)25/h1-2,4-9,12,21H,3,10-11,13H2/t21-/m0/s1. The number of hydrogen-bond donors (Lipinski definition) is 0. The number of nitrogens with zero attached hydrogens (tertiary/aromatic N) is 2. The molecule has 0 aliphatic carbocycles. The van der Waals surface area contributed by atoms with Crippen LogP contribution in [0.3, 0.4) is 0 Å². The molecule has 0 radical (unpaired) electrons. The van der Waals surface area contributed by atoms with Crippen LogP contribution in [0.1, 0.15) is 29.3 Å². The number of aryl methyl sites for hydroxylation is 1. The van der Waals surface area contributed by atoms with E-state index in [1.165, 1.54) is 18.2 Å². The molecule has 1 aliphatic heterocycles. The molecule has 0 saturated carbocycles. The predicted octanol–water partition coefficient (Wildman–Crippen LogP) is 6.07. The van der Waals surface area contributed by atoms with Crippen molar-refractivity contribution in [3.63, 3.8) is 0 Å². The molecule has 0 fully saturated rings. The molecule has 0 spiro atoms. The van der Waals surface area contributed by atoms with Gasteiger partial charge in [-0.05, 0) is 48.4 Å². The SMILES string of the molecule is Fc1cccc(F)c1CN1CCCn2cccc2[C@@H]1c1ccc(Cl)c(Cl)c1. The molecule has 2 heterocycles. The summed E-state index contributed by atoms with van der Waals surface area (Å²) in [4.78, 5) is 2.10. The summed E-state index contributed by atoms with van der Waals surface area (Å²) in [5.41, 5.74) is 2.10. The number of aromatic nitrogens is 1. The fourth-order valence-electron chi connectivity index (χ4n) is 3.76. The van der Waals surface area contributed by atoms with Crippen LogP contribution in [0.5, 0.6) is 0 Å². The summed E-state index contributed by atoms with van der Waals surface area (Å²) in [6, 6.07) is 13.4. The van der Waals surface area contributed by atoms with Crippen molar-refractivity contribution >= 4 is 23.2 Å². The topological polar surface area (TPSA) is 8.17 Å².